The van der Waals surface area contributed by atoms with Gasteiger partial charge >= 0.3 is 0 Å². The molecule has 1 nitrogen and oxygen atoms in total. The lowest BCUT2D eigenvalue weighted by Crippen LogP contribution is -2.32. The Balaban J connectivity index is 2.20. The zero-order valence-electron chi connectivity index (χ0n) is 14.1. The first-order valence-corrected chi connectivity index (χ1v) is 8.47. The third-order valence-corrected chi connectivity index (χ3v) is 5.60. The molecule has 0 amide bonds. The van der Waals surface area contributed by atoms with Crippen LogP contribution in [0.5, 0.6) is 0 Å². The summed E-state index contributed by atoms with van der Waals surface area (Å²) in [6.07, 6.45) is 2.07. The second kappa shape index (κ2) is 5.55. The molecule has 2 aromatic rings. The Bertz CT molecular complexity index is 674. The summed E-state index contributed by atoms with van der Waals surface area (Å²) in [6.45, 7) is 8.77. The van der Waals surface area contributed by atoms with E-state index in [0.29, 0.717) is 0 Å². The molecule has 0 heterocycles. The predicted octanol–water partition coefficient (Wildman–Crippen LogP) is 4.92. The summed E-state index contributed by atoms with van der Waals surface area (Å²) >= 11 is 0. The van der Waals surface area contributed by atoms with Gasteiger partial charge in [-0.05, 0) is 40.7 Å². The molecule has 3 rings (SSSR count). The van der Waals surface area contributed by atoms with Gasteiger partial charge in [0, 0.05) is 11.8 Å². The van der Waals surface area contributed by atoms with Gasteiger partial charge in [-0.2, -0.15) is 0 Å². The lowest BCUT2D eigenvalue weighted by molar-refractivity contribution is 0.00292. The quantitative estimate of drug-likeness (QED) is 0.852. The van der Waals surface area contributed by atoms with Crippen LogP contribution in [0.1, 0.15) is 67.3 Å². The van der Waals surface area contributed by atoms with Gasteiger partial charge in [-0.25, -0.2) is 0 Å². The summed E-state index contributed by atoms with van der Waals surface area (Å²) in [7, 11) is 0. The molecule has 0 aromatic heterocycles. The van der Waals surface area contributed by atoms with Crippen LogP contribution in [0.3, 0.4) is 0 Å². The van der Waals surface area contributed by atoms with Crippen LogP contribution >= 0.6 is 0 Å². The van der Waals surface area contributed by atoms with Crippen molar-refractivity contribution in [3.8, 4) is 0 Å². The molecule has 0 unspecified atom stereocenters. The van der Waals surface area contributed by atoms with E-state index in [9.17, 15) is 5.11 Å². The third-order valence-electron chi connectivity index (χ3n) is 5.60. The van der Waals surface area contributed by atoms with Gasteiger partial charge in [-0.15, -0.1) is 0 Å². The minimum absolute atomic E-state index is 0.122. The highest BCUT2D eigenvalue weighted by Crippen LogP contribution is 2.55. The van der Waals surface area contributed by atoms with Gasteiger partial charge in [0.05, 0.1) is 0 Å². The number of hydrogen-bond donors (Lipinski definition) is 1. The van der Waals surface area contributed by atoms with Gasteiger partial charge in [-0.1, -0.05) is 70.2 Å². The van der Waals surface area contributed by atoms with E-state index < -0.39 is 5.60 Å². The predicted molar refractivity (Wildman–Crippen MR) is 92.4 cm³/mol. The van der Waals surface area contributed by atoms with E-state index in [4.69, 9.17) is 0 Å². The summed E-state index contributed by atoms with van der Waals surface area (Å²) in [4.78, 5) is 0. The summed E-state index contributed by atoms with van der Waals surface area (Å²) in [5.41, 5.74) is 5.73. The Morgan fingerprint density at radius 3 is 2.23 bits per heavy atom. The molecule has 0 fully saturated rings. The first-order valence-electron chi connectivity index (χ1n) is 8.47. The highest BCUT2D eigenvalue weighted by atomic mass is 16.3. The lowest BCUT2D eigenvalue weighted by atomic mass is 9.77. The fraction of sp³-hybridized carbons (Fsp3) is 0.429. The van der Waals surface area contributed by atoms with E-state index in [-0.39, 0.29) is 11.8 Å². The maximum atomic E-state index is 11.6. The van der Waals surface area contributed by atoms with Crippen LogP contribution in [0.25, 0.3) is 0 Å². The average Bonchev–Trinajstić information content (AvgIpc) is 2.77. The average molecular weight is 294 g/mol. The number of rotatable bonds is 3. The van der Waals surface area contributed by atoms with Crippen LogP contribution in [0.4, 0.5) is 0 Å². The Hall–Kier alpha value is -1.60. The van der Waals surface area contributed by atoms with E-state index in [1.165, 1.54) is 22.3 Å². The molecule has 0 bridgehead atoms. The molecule has 0 spiro atoms. The Kier molecular flexibility index (Phi) is 3.86. The Morgan fingerprint density at radius 1 is 0.955 bits per heavy atom. The van der Waals surface area contributed by atoms with Gasteiger partial charge in [0.15, 0.2) is 0 Å². The highest BCUT2D eigenvalue weighted by molar-refractivity contribution is 5.52. The summed E-state index contributed by atoms with van der Waals surface area (Å²) in [5.74, 6) is 0.248. The van der Waals surface area contributed by atoms with Crippen molar-refractivity contribution < 1.29 is 5.11 Å². The second-order valence-corrected chi connectivity index (χ2v) is 6.60. The normalized spacial score (nSPS) is 27.0. The maximum absolute atomic E-state index is 11.6. The van der Waals surface area contributed by atoms with Crippen LogP contribution < -0.4 is 0 Å². The third kappa shape index (κ3) is 2.03. The standard InChI is InChI=1S/C21H26O/c1-5-16-12-17(6-2)20-15(4)21(22,14(3)19(20)13-16)18-10-8-7-9-11-18/h7-15,22H,5-6H2,1-4H3/t14-,15-,21+/m0/s1. The molecule has 1 aliphatic carbocycles. The van der Waals surface area contributed by atoms with Crippen LogP contribution in [-0.2, 0) is 18.4 Å². The van der Waals surface area contributed by atoms with Gasteiger partial charge < -0.3 is 5.11 Å². The molecular formula is C21H26O. The van der Waals surface area contributed by atoms with Gasteiger partial charge in [0.25, 0.3) is 0 Å². The van der Waals surface area contributed by atoms with E-state index in [1.54, 1.807) is 0 Å². The van der Waals surface area contributed by atoms with Crippen LogP contribution in [0.2, 0.25) is 0 Å². The lowest BCUT2D eigenvalue weighted by Gasteiger charge is -2.33. The fourth-order valence-electron chi connectivity index (χ4n) is 4.23. The van der Waals surface area contributed by atoms with Gasteiger partial charge in [0.1, 0.15) is 5.60 Å². The van der Waals surface area contributed by atoms with Crippen LogP contribution in [0, 0.1) is 0 Å². The van der Waals surface area contributed by atoms with E-state index in [1.807, 2.05) is 18.2 Å². The minimum atomic E-state index is -0.806. The maximum Gasteiger partial charge on any atom is 0.103 e. The fourth-order valence-corrected chi connectivity index (χ4v) is 4.23. The zero-order valence-corrected chi connectivity index (χ0v) is 14.1. The van der Waals surface area contributed by atoms with Gasteiger partial charge in [0.2, 0.25) is 0 Å². The molecule has 1 aliphatic rings. The van der Waals surface area contributed by atoms with Crippen molar-refractivity contribution in [2.24, 2.45) is 0 Å². The van der Waals surface area contributed by atoms with Crippen LogP contribution in [-0.4, -0.2) is 5.11 Å². The molecule has 2 aromatic carbocycles. The van der Waals surface area contributed by atoms with Crippen molar-refractivity contribution in [3.63, 3.8) is 0 Å². The topological polar surface area (TPSA) is 20.2 Å². The molecule has 0 radical (unpaired) electrons. The SMILES string of the molecule is CCc1cc(CC)c2c(c1)[C@H](C)[C@](O)(c1ccccc1)[C@H]2C. The minimum Gasteiger partial charge on any atom is -0.384 e. The molecule has 1 heteroatoms. The number of fused-ring (bicyclic) bond motifs is 1. The molecule has 0 saturated heterocycles. The number of aryl methyl sites for hydroxylation is 2. The van der Waals surface area contributed by atoms with Crippen molar-refractivity contribution in [1.82, 2.24) is 0 Å². The molecular weight excluding hydrogens is 268 g/mol. The molecule has 0 aliphatic heterocycles. The summed E-state index contributed by atoms with van der Waals surface area (Å²) in [5, 5.41) is 11.6. The van der Waals surface area contributed by atoms with E-state index >= 15 is 0 Å². The number of benzene rings is 2. The smallest absolute Gasteiger partial charge is 0.103 e. The molecule has 0 saturated carbocycles. The largest absolute Gasteiger partial charge is 0.384 e. The van der Waals surface area contributed by atoms with Crippen molar-refractivity contribution in [1.29, 1.82) is 0 Å². The van der Waals surface area contributed by atoms with Gasteiger partial charge in [-0.3, -0.25) is 0 Å². The van der Waals surface area contributed by atoms with E-state index in [2.05, 4.69) is 52.0 Å². The number of hydrogen-bond acceptors (Lipinski definition) is 1. The Labute approximate surface area is 134 Å². The molecule has 1 N–H and O–H groups in total. The Morgan fingerprint density at radius 2 is 1.64 bits per heavy atom. The number of aliphatic hydroxyl groups is 1. The van der Waals surface area contributed by atoms with Crippen molar-refractivity contribution in [2.75, 3.05) is 0 Å². The molecule has 3 atom stereocenters. The summed E-state index contributed by atoms with van der Waals surface area (Å²) in [6, 6.07) is 14.8. The first kappa shape index (κ1) is 15.3. The monoisotopic (exact) mass is 294 g/mol. The summed E-state index contributed by atoms with van der Waals surface area (Å²) < 4.78 is 0. The molecule has 116 valence electrons. The van der Waals surface area contributed by atoms with Crippen LogP contribution in [0.15, 0.2) is 42.5 Å². The second-order valence-electron chi connectivity index (χ2n) is 6.60. The zero-order chi connectivity index (χ0) is 15.9. The van der Waals surface area contributed by atoms with Crippen molar-refractivity contribution >= 4 is 0 Å². The first-order chi connectivity index (χ1) is 10.5. The van der Waals surface area contributed by atoms with Crippen molar-refractivity contribution in [3.05, 3.63) is 70.3 Å². The van der Waals surface area contributed by atoms with E-state index in [0.717, 1.165) is 18.4 Å². The molecule has 22 heavy (non-hydrogen) atoms. The van der Waals surface area contributed by atoms with Crippen molar-refractivity contribution in [2.45, 2.75) is 58.0 Å². The highest BCUT2D eigenvalue weighted by Gasteiger charge is 2.49.